The van der Waals surface area contributed by atoms with Gasteiger partial charge in [-0.15, -0.1) is 0 Å². The van der Waals surface area contributed by atoms with Crippen molar-refractivity contribution in [1.82, 2.24) is 0 Å². The number of ether oxygens (including phenoxy) is 1. The molecular formula is C15H11ClF3NO3. The van der Waals surface area contributed by atoms with Crippen molar-refractivity contribution in [2.75, 3.05) is 11.9 Å². The second-order valence-corrected chi connectivity index (χ2v) is 5.87. The number of alkyl halides is 3. The summed E-state index contributed by atoms with van der Waals surface area (Å²) in [5.41, 5.74) is -3.48. The number of amides is 1. The molecule has 1 saturated carbocycles. The summed E-state index contributed by atoms with van der Waals surface area (Å²) >= 11 is 5.79. The number of aliphatic hydroxyl groups excluding tert-OH is 1. The molecule has 23 heavy (non-hydrogen) atoms. The Kier molecular flexibility index (Phi) is 3.69. The van der Waals surface area contributed by atoms with Gasteiger partial charge < -0.3 is 9.84 Å². The Balaban J connectivity index is 2.13. The van der Waals surface area contributed by atoms with E-state index in [0.717, 1.165) is 6.07 Å². The van der Waals surface area contributed by atoms with Crippen LogP contribution in [0.4, 0.5) is 23.7 Å². The van der Waals surface area contributed by atoms with Gasteiger partial charge in [0.2, 0.25) is 0 Å². The van der Waals surface area contributed by atoms with Crippen LogP contribution in [0.25, 0.3) is 0 Å². The molecule has 0 bridgehead atoms. The molecule has 3 rings (SSSR count). The minimum Gasteiger partial charge on any atom is -0.415 e. The number of nitrogens with one attached hydrogen (secondary N) is 1. The predicted molar refractivity (Wildman–Crippen MR) is 75.7 cm³/mol. The fourth-order valence-corrected chi connectivity index (χ4v) is 2.61. The lowest BCUT2D eigenvalue weighted by Gasteiger charge is -2.35. The van der Waals surface area contributed by atoms with Crippen LogP contribution in [0.3, 0.4) is 0 Å². The van der Waals surface area contributed by atoms with Gasteiger partial charge in [0.15, 0.2) is 0 Å². The van der Waals surface area contributed by atoms with E-state index in [1.54, 1.807) is 0 Å². The van der Waals surface area contributed by atoms with E-state index in [-0.39, 0.29) is 34.7 Å². The zero-order valence-electron chi connectivity index (χ0n) is 11.6. The van der Waals surface area contributed by atoms with E-state index in [0.29, 0.717) is 6.42 Å². The van der Waals surface area contributed by atoms with Crippen LogP contribution >= 0.6 is 11.6 Å². The van der Waals surface area contributed by atoms with E-state index in [1.807, 2.05) is 0 Å². The number of rotatable bonds is 1. The average molecular weight is 346 g/mol. The minimum absolute atomic E-state index is 0.0493. The van der Waals surface area contributed by atoms with Crippen molar-refractivity contribution in [3.63, 3.8) is 0 Å². The van der Waals surface area contributed by atoms with E-state index in [9.17, 15) is 18.0 Å². The van der Waals surface area contributed by atoms with Crippen LogP contribution in [0.5, 0.6) is 0 Å². The van der Waals surface area contributed by atoms with Gasteiger partial charge in [-0.1, -0.05) is 17.5 Å². The Morgan fingerprint density at radius 1 is 1.48 bits per heavy atom. The zero-order valence-corrected chi connectivity index (χ0v) is 12.3. The summed E-state index contributed by atoms with van der Waals surface area (Å²) in [5.74, 6) is 4.09. The maximum Gasteiger partial charge on any atom is 0.445 e. The molecular weight excluding hydrogens is 335 g/mol. The number of carbonyl (C=O) groups excluding carboxylic acids is 1. The molecule has 3 unspecified atom stereocenters. The molecule has 0 radical (unpaired) electrons. The largest absolute Gasteiger partial charge is 0.445 e. The van der Waals surface area contributed by atoms with Gasteiger partial charge >= 0.3 is 12.3 Å². The molecule has 1 heterocycles. The van der Waals surface area contributed by atoms with E-state index in [2.05, 4.69) is 21.9 Å². The smallest absolute Gasteiger partial charge is 0.415 e. The van der Waals surface area contributed by atoms with Crippen molar-refractivity contribution in [2.24, 2.45) is 11.8 Å². The molecule has 0 aromatic heterocycles. The van der Waals surface area contributed by atoms with Crippen LogP contribution < -0.4 is 5.32 Å². The van der Waals surface area contributed by atoms with Crippen molar-refractivity contribution in [3.8, 4) is 11.8 Å². The highest BCUT2D eigenvalue weighted by molar-refractivity contribution is 6.30. The van der Waals surface area contributed by atoms with Gasteiger partial charge in [-0.2, -0.15) is 13.2 Å². The number of hydrogen-bond acceptors (Lipinski definition) is 3. The Bertz CT molecular complexity index is 725. The van der Waals surface area contributed by atoms with Crippen molar-refractivity contribution >= 4 is 23.4 Å². The maximum absolute atomic E-state index is 13.7. The van der Waals surface area contributed by atoms with Gasteiger partial charge in [0.1, 0.15) is 0 Å². The molecule has 1 aromatic rings. The number of halogens is 4. The van der Waals surface area contributed by atoms with Gasteiger partial charge in [0, 0.05) is 23.1 Å². The molecule has 4 nitrogen and oxygen atoms in total. The summed E-state index contributed by atoms with van der Waals surface area (Å²) < 4.78 is 45.8. The second-order valence-electron chi connectivity index (χ2n) is 5.44. The Morgan fingerprint density at radius 2 is 2.22 bits per heavy atom. The van der Waals surface area contributed by atoms with Gasteiger partial charge in [0.25, 0.3) is 5.60 Å². The molecule has 1 aromatic carbocycles. The average Bonchev–Trinajstić information content (AvgIpc) is 3.23. The van der Waals surface area contributed by atoms with Gasteiger partial charge in [-0.3, -0.25) is 5.32 Å². The molecule has 2 aliphatic rings. The number of carbonyl (C=O) groups is 1. The second kappa shape index (κ2) is 5.32. The molecule has 1 fully saturated rings. The molecule has 3 atom stereocenters. The molecule has 1 aliphatic heterocycles. The predicted octanol–water partition coefficient (Wildman–Crippen LogP) is 3.29. The lowest BCUT2D eigenvalue weighted by atomic mass is 9.90. The van der Waals surface area contributed by atoms with Crippen LogP contribution in [0.15, 0.2) is 18.2 Å². The first-order valence-corrected chi connectivity index (χ1v) is 7.15. The highest BCUT2D eigenvalue weighted by atomic mass is 35.5. The Morgan fingerprint density at radius 3 is 2.83 bits per heavy atom. The zero-order chi connectivity index (χ0) is 16.8. The number of aliphatic hydroxyl groups is 1. The molecule has 8 heteroatoms. The highest BCUT2D eigenvalue weighted by Crippen LogP contribution is 2.48. The maximum atomic E-state index is 13.7. The van der Waals surface area contributed by atoms with Gasteiger partial charge in [0.05, 0.1) is 5.69 Å². The van der Waals surface area contributed by atoms with Crippen LogP contribution in [0, 0.1) is 23.7 Å². The normalized spacial score (nSPS) is 28.8. The molecule has 2 N–H and O–H groups in total. The fraction of sp³-hybridized carbons (Fsp3) is 0.400. The summed E-state index contributed by atoms with van der Waals surface area (Å²) in [5, 5.41) is 11.2. The minimum atomic E-state index is -4.94. The first kappa shape index (κ1) is 16.0. The third-order valence-electron chi connectivity index (χ3n) is 3.83. The van der Waals surface area contributed by atoms with Crippen molar-refractivity contribution in [1.29, 1.82) is 0 Å². The van der Waals surface area contributed by atoms with Gasteiger partial charge in [-0.05, 0) is 36.5 Å². The quantitative estimate of drug-likeness (QED) is 0.768. The number of anilines is 1. The van der Waals surface area contributed by atoms with Crippen molar-refractivity contribution in [3.05, 3.63) is 28.8 Å². The fourth-order valence-electron chi connectivity index (χ4n) is 2.44. The van der Waals surface area contributed by atoms with E-state index in [1.165, 1.54) is 12.1 Å². The number of hydrogen-bond donors (Lipinski definition) is 2. The van der Waals surface area contributed by atoms with Crippen LogP contribution in [0.1, 0.15) is 12.0 Å². The van der Waals surface area contributed by atoms with E-state index in [4.69, 9.17) is 16.7 Å². The first-order chi connectivity index (χ1) is 10.8. The summed E-state index contributed by atoms with van der Waals surface area (Å²) in [4.78, 5) is 11.6. The van der Waals surface area contributed by atoms with E-state index >= 15 is 0 Å². The molecule has 0 saturated heterocycles. The SMILES string of the molecule is O=C1Nc2ccc(Cl)cc2C(C#CC2CC2CO)(C(F)(F)F)O1. The molecule has 1 aliphatic carbocycles. The monoisotopic (exact) mass is 345 g/mol. The Hall–Kier alpha value is -1.91. The van der Waals surface area contributed by atoms with Crippen LogP contribution in [0.2, 0.25) is 5.02 Å². The molecule has 1 amide bonds. The summed E-state index contributed by atoms with van der Waals surface area (Å²) in [6, 6.07) is 3.71. The number of fused-ring (bicyclic) bond motifs is 1. The summed E-state index contributed by atoms with van der Waals surface area (Å²) in [6.07, 6.45) is -5.66. The van der Waals surface area contributed by atoms with Crippen molar-refractivity contribution < 1.29 is 27.8 Å². The Labute approximate surface area is 134 Å². The topological polar surface area (TPSA) is 58.6 Å². The molecule has 122 valence electrons. The third-order valence-corrected chi connectivity index (χ3v) is 4.07. The summed E-state index contributed by atoms with van der Waals surface area (Å²) in [6.45, 7) is -0.137. The summed E-state index contributed by atoms with van der Waals surface area (Å²) in [7, 11) is 0. The highest BCUT2D eigenvalue weighted by Gasteiger charge is 2.62. The lowest BCUT2D eigenvalue weighted by Crippen LogP contribution is -2.49. The van der Waals surface area contributed by atoms with Crippen LogP contribution in [-0.2, 0) is 10.3 Å². The number of benzene rings is 1. The number of cyclic esters (lactones) is 1. The first-order valence-electron chi connectivity index (χ1n) is 6.77. The molecule has 0 spiro atoms. The van der Waals surface area contributed by atoms with Crippen molar-refractivity contribution in [2.45, 2.75) is 18.2 Å². The van der Waals surface area contributed by atoms with Gasteiger partial charge in [-0.25, -0.2) is 4.79 Å². The lowest BCUT2D eigenvalue weighted by molar-refractivity contribution is -0.239. The van der Waals surface area contributed by atoms with Crippen LogP contribution in [-0.4, -0.2) is 24.0 Å². The van der Waals surface area contributed by atoms with E-state index < -0.39 is 17.9 Å². The standard InChI is InChI=1S/C15H11ClF3NO3/c16-10-1-2-12-11(6-10)14(15(17,18)19,23-13(22)20-12)4-3-8-5-9(8)7-21/h1-2,6,8-9,21H,5,7H2,(H,20,22). The third kappa shape index (κ3) is 2.73.